The van der Waals surface area contributed by atoms with E-state index in [1.807, 2.05) is 13.8 Å². The Kier molecular flexibility index (Phi) is 5.28. The van der Waals surface area contributed by atoms with E-state index in [0.29, 0.717) is 12.8 Å². The quantitative estimate of drug-likeness (QED) is 0.597. The number of carbonyl (C=O) groups is 2. The summed E-state index contributed by atoms with van der Waals surface area (Å²) < 4.78 is 0. The van der Waals surface area contributed by atoms with Gasteiger partial charge in [-0.05, 0) is 19.8 Å². The number of hydrogen-bond acceptors (Lipinski definition) is 3. The minimum Gasteiger partial charge on any atom is -0.480 e. The van der Waals surface area contributed by atoms with Crippen LogP contribution in [0.25, 0.3) is 0 Å². The standard InChI is InChI=1S/C10H20N2O3/c1-4-10(5-2,6-11)9(15)12-7(3)8(13)14/h7H,4-6,11H2,1-3H3,(H,12,15)(H,13,14). The van der Waals surface area contributed by atoms with E-state index in [4.69, 9.17) is 10.8 Å². The SMILES string of the molecule is CCC(CC)(CN)C(=O)NC(C)C(=O)O. The van der Waals surface area contributed by atoms with Crippen molar-refractivity contribution in [3.63, 3.8) is 0 Å². The number of carbonyl (C=O) groups excluding carboxylic acids is 1. The number of nitrogens with one attached hydrogen (secondary N) is 1. The molecule has 0 aromatic rings. The number of rotatable bonds is 6. The maximum absolute atomic E-state index is 11.8. The van der Waals surface area contributed by atoms with E-state index in [-0.39, 0.29) is 12.5 Å². The zero-order valence-electron chi connectivity index (χ0n) is 9.54. The Hall–Kier alpha value is -1.10. The molecule has 5 nitrogen and oxygen atoms in total. The summed E-state index contributed by atoms with van der Waals surface area (Å²) in [5, 5.41) is 11.1. The first-order valence-electron chi connectivity index (χ1n) is 5.17. The number of aliphatic carboxylic acids is 1. The van der Waals surface area contributed by atoms with Crippen LogP contribution >= 0.6 is 0 Å². The molecule has 88 valence electrons. The van der Waals surface area contributed by atoms with Gasteiger partial charge in [-0.3, -0.25) is 9.59 Å². The van der Waals surface area contributed by atoms with Gasteiger partial charge < -0.3 is 16.2 Å². The van der Waals surface area contributed by atoms with Crippen molar-refractivity contribution in [1.82, 2.24) is 5.32 Å². The second-order valence-electron chi connectivity index (χ2n) is 3.72. The topological polar surface area (TPSA) is 92.4 Å². The lowest BCUT2D eigenvalue weighted by Gasteiger charge is -2.29. The second-order valence-corrected chi connectivity index (χ2v) is 3.72. The fourth-order valence-electron chi connectivity index (χ4n) is 1.36. The van der Waals surface area contributed by atoms with Crippen LogP contribution in [0.2, 0.25) is 0 Å². The summed E-state index contributed by atoms with van der Waals surface area (Å²) in [6, 6.07) is -0.874. The molecule has 1 amide bonds. The highest BCUT2D eigenvalue weighted by atomic mass is 16.4. The molecule has 0 radical (unpaired) electrons. The van der Waals surface area contributed by atoms with E-state index in [9.17, 15) is 9.59 Å². The van der Waals surface area contributed by atoms with Crippen LogP contribution in [0.15, 0.2) is 0 Å². The van der Waals surface area contributed by atoms with Crippen molar-refractivity contribution in [1.29, 1.82) is 0 Å². The highest BCUT2D eigenvalue weighted by Crippen LogP contribution is 2.25. The Balaban J connectivity index is 4.59. The number of carboxylic acid groups (broad SMARTS) is 1. The van der Waals surface area contributed by atoms with Crippen LogP contribution in [-0.4, -0.2) is 29.6 Å². The highest BCUT2D eigenvalue weighted by molar-refractivity contribution is 5.87. The Morgan fingerprint density at radius 3 is 2.13 bits per heavy atom. The van der Waals surface area contributed by atoms with Crippen molar-refractivity contribution in [2.75, 3.05) is 6.54 Å². The average Bonchev–Trinajstić information content (AvgIpc) is 2.21. The highest BCUT2D eigenvalue weighted by Gasteiger charge is 2.34. The molecule has 1 unspecified atom stereocenters. The smallest absolute Gasteiger partial charge is 0.325 e. The summed E-state index contributed by atoms with van der Waals surface area (Å²) in [5.41, 5.74) is 4.94. The molecule has 1 atom stereocenters. The molecule has 4 N–H and O–H groups in total. The van der Waals surface area contributed by atoms with E-state index in [0.717, 1.165) is 0 Å². The molecule has 0 rings (SSSR count). The van der Waals surface area contributed by atoms with Crippen molar-refractivity contribution < 1.29 is 14.7 Å². The molecule has 15 heavy (non-hydrogen) atoms. The van der Waals surface area contributed by atoms with Gasteiger partial charge in [-0.15, -0.1) is 0 Å². The number of amides is 1. The molecule has 0 aliphatic rings. The van der Waals surface area contributed by atoms with Gasteiger partial charge in [-0.2, -0.15) is 0 Å². The van der Waals surface area contributed by atoms with E-state index < -0.39 is 17.4 Å². The molecule has 0 saturated heterocycles. The van der Waals surface area contributed by atoms with Crippen LogP contribution in [-0.2, 0) is 9.59 Å². The average molecular weight is 216 g/mol. The van der Waals surface area contributed by atoms with Crippen LogP contribution in [0.5, 0.6) is 0 Å². The summed E-state index contributed by atoms with van der Waals surface area (Å²) in [7, 11) is 0. The van der Waals surface area contributed by atoms with Crippen LogP contribution in [0.4, 0.5) is 0 Å². The van der Waals surface area contributed by atoms with Crippen molar-refractivity contribution in [3.05, 3.63) is 0 Å². The van der Waals surface area contributed by atoms with Crippen molar-refractivity contribution in [2.24, 2.45) is 11.1 Å². The molecular weight excluding hydrogens is 196 g/mol. The van der Waals surface area contributed by atoms with Gasteiger partial charge in [0.05, 0.1) is 5.41 Å². The third-order valence-electron chi connectivity index (χ3n) is 2.94. The van der Waals surface area contributed by atoms with Gasteiger partial charge in [0.2, 0.25) is 5.91 Å². The summed E-state index contributed by atoms with van der Waals surface area (Å²) in [6.45, 7) is 5.42. The maximum Gasteiger partial charge on any atom is 0.325 e. The normalized spacial score (nSPS) is 13.3. The lowest BCUT2D eigenvalue weighted by molar-refractivity contribution is -0.143. The fraction of sp³-hybridized carbons (Fsp3) is 0.800. The number of hydrogen-bond donors (Lipinski definition) is 3. The fourth-order valence-corrected chi connectivity index (χ4v) is 1.36. The van der Waals surface area contributed by atoms with Crippen molar-refractivity contribution in [2.45, 2.75) is 39.7 Å². The van der Waals surface area contributed by atoms with Gasteiger partial charge in [0, 0.05) is 6.54 Å². The van der Waals surface area contributed by atoms with Gasteiger partial charge in [-0.25, -0.2) is 0 Å². The molecule has 0 aliphatic heterocycles. The van der Waals surface area contributed by atoms with Crippen LogP contribution < -0.4 is 11.1 Å². The zero-order valence-corrected chi connectivity index (χ0v) is 9.54. The molecule has 0 aromatic carbocycles. The molecule has 0 saturated carbocycles. The largest absolute Gasteiger partial charge is 0.480 e. The molecule has 0 aliphatic carbocycles. The van der Waals surface area contributed by atoms with Gasteiger partial charge >= 0.3 is 5.97 Å². The summed E-state index contributed by atoms with van der Waals surface area (Å²) in [5.74, 6) is -1.31. The summed E-state index contributed by atoms with van der Waals surface area (Å²) in [6.07, 6.45) is 1.22. The Morgan fingerprint density at radius 1 is 1.40 bits per heavy atom. The Labute approximate surface area is 90.0 Å². The number of nitrogens with two attached hydrogens (primary N) is 1. The van der Waals surface area contributed by atoms with Crippen molar-refractivity contribution >= 4 is 11.9 Å². The molecule has 0 heterocycles. The molecule has 5 heteroatoms. The third kappa shape index (κ3) is 3.20. The minimum atomic E-state index is -1.04. The van der Waals surface area contributed by atoms with E-state index in [2.05, 4.69) is 5.32 Å². The minimum absolute atomic E-state index is 0.234. The third-order valence-corrected chi connectivity index (χ3v) is 2.94. The van der Waals surface area contributed by atoms with E-state index in [1.54, 1.807) is 0 Å². The molecule has 0 bridgehead atoms. The maximum atomic E-state index is 11.8. The monoisotopic (exact) mass is 216 g/mol. The van der Waals surface area contributed by atoms with Crippen LogP contribution in [0.3, 0.4) is 0 Å². The van der Waals surface area contributed by atoms with Gasteiger partial charge in [-0.1, -0.05) is 13.8 Å². The van der Waals surface area contributed by atoms with E-state index >= 15 is 0 Å². The summed E-state index contributed by atoms with van der Waals surface area (Å²) in [4.78, 5) is 22.4. The first-order chi connectivity index (χ1) is 6.93. The predicted octanol–water partition coefficient (Wildman–Crippen LogP) is 0.341. The van der Waals surface area contributed by atoms with Crippen LogP contribution in [0.1, 0.15) is 33.6 Å². The number of carboxylic acids is 1. The lowest BCUT2D eigenvalue weighted by atomic mass is 9.81. The van der Waals surface area contributed by atoms with Gasteiger partial charge in [0.1, 0.15) is 6.04 Å². The van der Waals surface area contributed by atoms with Crippen LogP contribution in [0, 0.1) is 5.41 Å². The Bertz CT molecular complexity index is 229. The lowest BCUT2D eigenvalue weighted by Crippen LogP contribution is -2.50. The van der Waals surface area contributed by atoms with E-state index in [1.165, 1.54) is 6.92 Å². The Morgan fingerprint density at radius 2 is 1.87 bits per heavy atom. The van der Waals surface area contributed by atoms with Gasteiger partial charge in [0.25, 0.3) is 0 Å². The first kappa shape index (κ1) is 13.9. The summed E-state index contributed by atoms with van der Waals surface area (Å²) >= 11 is 0. The zero-order chi connectivity index (χ0) is 12.1. The van der Waals surface area contributed by atoms with Crippen molar-refractivity contribution in [3.8, 4) is 0 Å². The predicted molar refractivity (Wildman–Crippen MR) is 57.3 cm³/mol. The first-order valence-corrected chi connectivity index (χ1v) is 5.17. The molecule has 0 aromatic heterocycles. The van der Waals surface area contributed by atoms with Gasteiger partial charge in [0.15, 0.2) is 0 Å². The molecule has 0 fully saturated rings. The second kappa shape index (κ2) is 5.70. The molecular formula is C10H20N2O3. The molecule has 0 spiro atoms.